The first-order chi connectivity index (χ1) is 9.79. The molecule has 0 atom stereocenters. The van der Waals surface area contributed by atoms with Gasteiger partial charge in [0.15, 0.2) is 0 Å². The lowest BCUT2D eigenvalue weighted by atomic mass is 10.3. The number of amides is 1. The Morgan fingerprint density at radius 1 is 1.55 bits per heavy atom. The minimum absolute atomic E-state index is 0.0516. The summed E-state index contributed by atoms with van der Waals surface area (Å²) in [5, 5.41) is 4.71. The second-order valence-electron chi connectivity index (χ2n) is 4.83. The van der Waals surface area contributed by atoms with Crippen molar-refractivity contribution >= 4 is 17.2 Å². The molecule has 1 aliphatic rings. The van der Waals surface area contributed by atoms with Crippen molar-refractivity contribution in [2.24, 2.45) is 11.7 Å². The lowest BCUT2D eigenvalue weighted by molar-refractivity contribution is 0.0938. The molecule has 1 aliphatic carbocycles. The summed E-state index contributed by atoms with van der Waals surface area (Å²) < 4.78 is 5.51. The fourth-order valence-electron chi connectivity index (χ4n) is 1.67. The van der Waals surface area contributed by atoms with Gasteiger partial charge < -0.3 is 15.8 Å². The number of thiophene rings is 1. The van der Waals surface area contributed by atoms with Crippen LogP contribution < -0.4 is 11.1 Å². The molecule has 1 fully saturated rings. The molecule has 0 aliphatic heterocycles. The Kier molecular flexibility index (Phi) is 6.06. The molecular weight excluding hydrogens is 272 g/mol. The lowest BCUT2D eigenvalue weighted by Crippen LogP contribution is -2.24. The molecule has 1 aromatic rings. The standard InChI is InChI=1S/C15H20N2O2S/c16-6-1-3-14-9-13(11-20-14)15(18)17-7-2-8-19-10-12-4-5-12/h9,11-12H,2,4-8,10,16H2,(H,17,18). The van der Waals surface area contributed by atoms with Gasteiger partial charge in [-0.2, -0.15) is 0 Å². The molecule has 108 valence electrons. The van der Waals surface area contributed by atoms with Gasteiger partial charge in [0.25, 0.3) is 5.91 Å². The van der Waals surface area contributed by atoms with Crippen LogP contribution in [0.5, 0.6) is 0 Å². The molecule has 1 amide bonds. The van der Waals surface area contributed by atoms with Crippen LogP contribution in [0.1, 0.15) is 34.5 Å². The lowest BCUT2D eigenvalue weighted by Gasteiger charge is -2.04. The van der Waals surface area contributed by atoms with E-state index in [-0.39, 0.29) is 5.91 Å². The highest BCUT2D eigenvalue weighted by Gasteiger charge is 2.20. The van der Waals surface area contributed by atoms with Crippen LogP contribution in [0.3, 0.4) is 0 Å². The first kappa shape index (κ1) is 15.0. The Morgan fingerprint density at radius 3 is 3.15 bits per heavy atom. The summed E-state index contributed by atoms with van der Waals surface area (Å²) in [6.45, 7) is 2.57. The molecule has 20 heavy (non-hydrogen) atoms. The van der Waals surface area contributed by atoms with Crippen molar-refractivity contribution in [3.63, 3.8) is 0 Å². The average Bonchev–Trinajstić information content (AvgIpc) is 3.16. The zero-order valence-electron chi connectivity index (χ0n) is 11.5. The number of hydrogen-bond donors (Lipinski definition) is 2. The van der Waals surface area contributed by atoms with Crippen LogP contribution in [0.15, 0.2) is 11.4 Å². The summed E-state index contributed by atoms with van der Waals surface area (Å²) in [6.07, 6.45) is 3.47. The van der Waals surface area contributed by atoms with E-state index in [9.17, 15) is 4.79 Å². The van der Waals surface area contributed by atoms with E-state index < -0.39 is 0 Å². The van der Waals surface area contributed by atoms with Crippen LogP contribution >= 0.6 is 11.3 Å². The number of nitrogens with one attached hydrogen (secondary N) is 1. The molecule has 4 nitrogen and oxygen atoms in total. The molecule has 0 bridgehead atoms. The Labute approximate surface area is 123 Å². The maximum Gasteiger partial charge on any atom is 0.252 e. The third-order valence-electron chi connectivity index (χ3n) is 2.98. The maximum absolute atomic E-state index is 11.9. The minimum atomic E-state index is -0.0516. The van der Waals surface area contributed by atoms with Gasteiger partial charge in [-0.1, -0.05) is 11.8 Å². The molecule has 0 radical (unpaired) electrons. The van der Waals surface area contributed by atoms with Gasteiger partial charge in [-0.05, 0) is 31.2 Å². The highest BCUT2D eigenvalue weighted by atomic mass is 32.1. The number of carbonyl (C=O) groups excluding carboxylic acids is 1. The Bertz CT molecular complexity index is 497. The maximum atomic E-state index is 11.9. The van der Waals surface area contributed by atoms with Crippen molar-refractivity contribution in [1.82, 2.24) is 5.32 Å². The molecule has 1 aromatic heterocycles. The quantitative estimate of drug-likeness (QED) is 0.593. The first-order valence-electron chi connectivity index (χ1n) is 6.93. The molecule has 0 spiro atoms. The second kappa shape index (κ2) is 8.05. The van der Waals surface area contributed by atoms with Crippen LogP contribution in [-0.4, -0.2) is 32.2 Å². The fraction of sp³-hybridized carbons (Fsp3) is 0.533. The van der Waals surface area contributed by atoms with Gasteiger partial charge in [0.2, 0.25) is 0 Å². The van der Waals surface area contributed by atoms with E-state index in [4.69, 9.17) is 10.5 Å². The van der Waals surface area contributed by atoms with Crippen LogP contribution in [-0.2, 0) is 4.74 Å². The largest absolute Gasteiger partial charge is 0.381 e. The van der Waals surface area contributed by atoms with E-state index in [0.29, 0.717) is 25.3 Å². The number of carbonyl (C=O) groups is 1. The second-order valence-corrected chi connectivity index (χ2v) is 5.74. The number of rotatable bonds is 7. The van der Waals surface area contributed by atoms with Crippen molar-refractivity contribution in [1.29, 1.82) is 0 Å². The van der Waals surface area contributed by atoms with Crippen molar-refractivity contribution in [3.05, 3.63) is 21.9 Å². The van der Waals surface area contributed by atoms with Crippen LogP contribution in [0.2, 0.25) is 0 Å². The summed E-state index contributed by atoms with van der Waals surface area (Å²) in [5.74, 6) is 6.44. The third kappa shape index (κ3) is 5.33. The molecule has 0 saturated heterocycles. The Morgan fingerprint density at radius 2 is 2.40 bits per heavy atom. The number of hydrogen-bond acceptors (Lipinski definition) is 4. The number of nitrogens with two attached hydrogens (primary N) is 1. The highest BCUT2D eigenvalue weighted by molar-refractivity contribution is 7.10. The van der Waals surface area contributed by atoms with Crippen LogP contribution in [0.4, 0.5) is 0 Å². The molecule has 1 heterocycles. The van der Waals surface area contributed by atoms with Gasteiger partial charge in [0.1, 0.15) is 0 Å². The van der Waals surface area contributed by atoms with Crippen molar-refractivity contribution in [3.8, 4) is 11.8 Å². The van der Waals surface area contributed by atoms with E-state index in [1.54, 1.807) is 6.07 Å². The van der Waals surface area contributed by atoms with Gasteiger partial charge in [-0.3, -0.25) is 4.79 Å². The van der Waals surface area contributed by atoms with E-state index in [1.807, 2.05) is 5.38 Å². The van der Waals surface area contributed by atoms with E-state index in [0.717, 1.165) is 23.8 Å². The molecule has 3 N–H and O–H groups in total. The number of ether oxygens (including phenoxy) is 1. The van der Waals surface area contributed by atoms with Gasteiger partial charge >= 0.3 is 0 Å². The summed E-state index contributed by atoms with van der Waals surface area (Å²) in [6, 6.07) is 1.80. The average molecular weight is 292 g/mol. The SMILES string of the molecule is NCC#Cc1cc(C(=O)NCCCOCC2CC2)cs1. The van der Waals surface area contributed by atoms with E-state index >= 15 is 0 Å². The van der Waals surface area contributed by atoms with Gasteiger partial charge in [-0.15, -0.1) is 11.3 Å². The van der Waals surface area contributed by atoms with Gasteiger partial charge in [0.05, 0.1) is 17.0 Å². The van der Waals surface area contributed by atoms with Crippen LogP contribution in [0, 0.1) is 17.8 Å². The normalized spacial score (nSPS) is 13.7. The zero-order valence-corrected chi connectivity index (χ0v) is 12.3. The molecule has 0 unspecified atom stereocenters. The predicted molar refractivity (Wildman–Crippen MR) is 80.7 cm³/mol. The highest BCUT2D eigenvalue weighted by Crippen LogP contribution is 2.28. The predicted octanol–water partition coefficient (Wildman–Crippen LogP) is 1.60. The van der Waals surface area contributed by atoms with E-state index in [2.05, 4.69) is 17.2 Å². The summed E-state index contributed by atoms with van der Waals surface area (Å²) in [5.41, 5.74) is 5.97. The Hall–Kier alpha value is -1.35. The molecule has 1 saturated carbocycles. The molecular formula is C15H20N2O2S. The molecule has 2 rings (SSSR count). The topological polar surface area (TPSA) is 64.4 Å². The fourth-order valence-corrected chi connectivity index (χ4v) is 2.43. The summed E-state index contributed by atoms with van der Waals surface area (Å²) in [4.78, 5) is 12.7. The van der Waals surface area contributed by atoms with E-state index in [1.165, 1.54) is 24.2 Å². The summed E-state index contributed by atoms with van der Waals surface area (Å²) in [7, 11) is 0. The van der Waals surface area contributed by atoms with Crippen molar-refractivity contribution < 1.29 is 9.53 Å². The monoisotopic (exact) mass is 292 g/mol. The van der Waals surface area contributed by atoms with Gasteiger partial charge in [-0.25, -0.2) is 0 Å². The third-order valence-corrected chi connectivity index (χ3v) is 3.82. The first-order valence-corrected chi connectivity index (χ1v) is 7.81. The molecule has 5 heteroatoms. The minimum Gasteiger partial charge on any atom is -0.381 e. The smallest absolute Gasteiger partial charge is 0.252 e. The van der Waals surface area contributed by atoms with Crippen molar-refractivity contribution in [2.45, 2.75) is 19.3 Å². The van der Waals surface area contributed by atoms with Crippen molar-refractivity contribution in [2.75, 3.05) is 26.3 Å². The zero-order chi connectivity index (χ0) is 14.2. The molecule has 0 aromatic carbocycles. The van der Waals surface area contributed by atoms with Crippen LogP contribution in [0.25, 0.3) is 0 Å². The summed E-state index contributed by atoms with van der Waals surface area (Å²) >= 11 is 1.46. The van der Waals surface area contributed by atoms with Gasteiger partial charge in [0, 0.05) is 25.1 Å². The Balaban J connectivity index is 1.62.